The van der Waals surface area contributed by atoms with Crippen molar-refractivity contribution in [1.82, 2.24) is 25.3 Å². The first-order chi connectivity index (χ1) is 15.2. The second kappa shape index (κ2) is 8.27. The van der Waals surface area contributed by atoms with Crippen molar-refractivity contribution in [3.05, 3.63) is 60.2 Å². The van der Waals surface area contributed by atoms with E-state index in [-0.39, 0.29) is 0 Å². The van der Waals surface area contributed by atoms with Gasteiger partial charge < -0.3 is 18.7 Å². The van der Waals surface area contributed by atoms with Crippen LogP contribution >= 0.6 is 11.8 Å². The van der Waals surface area contributed by atoms with Gasteiger partial charge in [-0.3, -0.25) is 0 Å². The molecule has 9 heteroatoms. The fraction of sp³-hybridized carbons (Fsp3) is 0.182. The molecule has 1 N–H and O–H groups in total. The van der Waals surface area contributed by atoms with E-state index in [0.29, 0.717) is 41.2 Å². The van der Waals surface area contributed by atoms with Crippen LogP contribution in [0.2, 0.25) is 0 Å². The van der Waals surface area contributed by atoms with Crippen molar-refractivity contribution in [3.8, 4) is 28.5 Å². The van der Waals surface area contributed by atoms with E-state index in [9.17, 15) is 0 Å². The molecule has 2 aromatic carbocycles. The Morgan fingerprint density at radius 1 is 1.10 bits per heavy atom. The van der Waals surface area contributed by atoms with E-state index in [0.717, 1.165) is 27.5 Å². The van der Waals surface area contributed by atoms with Gasteiger partial charge in [-0.05, 0) is 26.0 Å². The average molecular weight is 433 g/mol. The molecule has 0 amide bonds. The number of aromatic amines is 1. The summed E-state index contributed by atoms with van der Waals surface area (Å²) in [6.45, 7) is 4.41. The highest BCUT2D eigenvalue weighted by atomic mass is 32.2. The SMILES string of the molecule is CCOc1ccc2nc(SCc3nnc(-c4c(-c5ccccc5)noc4C)o3)[nH]c2c1. The van der Waals surface area contributed by atoms with Gasteiger partial charge in [0, 0.05) is 11.6 Å². The third-order valence-corrected chi connectivity index (χ3v) is 5.52. The minimum Gasteiger partial charge on any atom is -0.494 e. The highest BCUT2D eigenvalue weighted by molar-refractivity contribution is 7.98. The number of aryl methyl sites for hydroxylation is 1. The molecule has 156 valence electrons. The van der Waals surface area contributed by atoms with E-state index in [1.807, 2.05) is 62.4 Å². The standard InChI is InChI=1S/C22H19N5O3S/c1-3-28-15-9-10-16-17(11-15)24-22(23-16)31-12-18-25-26-21(29-18)19-13(2)30-27-20(19)14-7-5-4-6-8-14/h4-11H,3,12H2,1-2H3,(H,23,24). The maximum atomic E-state index is 5.91. The highest BCUT2D eigenvalue weighted by Crippen LogP contribution is 2.34. The molecule has 0 aliphatic heterocycles. The molecule has 0 saturated carbocycles. The van der Waals surface area contributed by atoms with Crippen LogP contribution in [0.25, 0.3) is 33.7 Å². The lowest BCUT2D eigenvalue weighted by Gasteiger charge is -2.00. The molecule has 0 unspecified atom stereocenters. The van der Waals surface area contributed by atoms with Gasteiger partial charge in [0.1, 0.15) is 22.8 Å². The summed E-state index contributed by atoms with van der Waals surface area (Å²) < 4.78 is 16.8. The highest BCUT2D eigenvalue weighted by Gasteiger charge is 2.22. The van der Waals surface area contributed by atoms with Crippen molar-refractivity contribution in [2.75, 3.05) is 6.61 Å². The largest absolute Gasteiger partial charge is 0.494 e. The van der Waals surface area contributed by atoms with Crippen molar-refractivity contribution in [3.63, 3.8) is 0 Å². The normalized spacial score (nSPS) is 11.3. The number of hydrogen-bond acceptors (Lipinski definition) is 8. The third-order valence-electron chi connectivity index (χ3n) is 4.67. The maximum Gasteiger partial charge on any atom is 0.253 e. The average Bonchev–Trinajstić information content (AvgIpc) is 3.50. The molecule has 0 atom stereocenters. The Labute approximate surface area is 182 Å². The Balaban J connectivity index is 1.34. The molecule has 8 nitrogen and oxygen atoms in total. The number of ether oxygens (including phenoxy) is 1. The minimum absolute atomic E-state index is 0.388. The summed E-state index contributed by atoms with van der Waals surface area (Å²) in [5.41, 5.74) is 4.12. The van der Waals surface area contributed by atoms with Gasteiger partial charge in [-0.2, -0.15) is 0 Å². The van der Waals surface area contributed by atoms with Crippen LogP contribution in [0.15, 0.2) is 62.6 Å². The summed E-state index contributed by atoms with van der Waals surface area (Å²) in [4.78, 5) is 7.89. The number of fused-ring (bicyclic) bond motifs is 1. The molecule has 0 bridgehead atoms. The number of nitrogens with one attached hydrogen (secondary N) is 1. The lowest BCUT2D eigenvalue weighted by molar-refractivity contribution is 0.340. The molecule has 0 spiro atoms. The van der Waals surface area contributed by atoms with Gasteiger partial charge in [-0.25, -0.2) is 4.98 Å². The zero-order valence-electron chi connectivity index (χ0n) is 17.0. The number of aromatic nitrogens is 5. The van der Waals surface area contributed by atoms with Crippen LogP contribution in [0.5, 0.6) is 5.75 Å². The van der Waals surface area contributed by atoms with Gasteiger partial charge in [-0.15, -0.1) is 10.2 Å². The number of thioether (sulfide) groups is 1. The van der Waals surface area contributed by atoms with Crippen molar-refractivity contribution in [2.24, 2.45) is 0 Å². The first-order valence-electron chi connectivity index (χ1n) is 9.81. The van der Waals surface area contributed by atoms with E-state index >= 15 is 0 Å². The summed E-state index contributed by atoms with van der Waals surface area (Å²) >= 11 is 1.49. The molecule has 31 heavy (non-hydrogen) atoms. The molecule has 0 saturated heterocycles. The predicted octanol–water partition coefficient (Wildman–Crippen LogP) is 5.27. The Morgan fingerprint density at radius 2 is 1.97 bits per heavy atom. The summed E-state index contributed by atoms with van der Waals surface area (Å²) in [6, 6.07) is 15.6. The molecule has 5 aromatic rings. The van der Waals surface area contributed by atoms with E-state index in [1.165, 1.54) is 11.8 Å². The predicted molar refractivity (Wildman–Crippen MR) is 117 cm³/mol. The summed E-state index contributed by atoms with van der Waals surface area (Å²) in [7, 11) is 0. The first kappa shape index (κ1) is 19.4. The molecule has 0 radical (unpaired) electrons. The fourth-order valence-electron chi connectivity index (χ4n) is 3.25. The van der Waals surface area contributed by atoms with Gasteiger partial charge in [0.2, 0.25) is 5.89 Å². The van der Waals surface area contributed by atoms with Crippen LogP contribution in [0.4, 0.5) is 0 Å². The zero-order chi connectivity index (χ0) is 21.2. The second-order valence-corrected chi connectivity index (χ2v) is 7.74. The van der Waals surface area contributed by atoms with Crippen LogP contribution in [0, 0.1) is 6.92 Å². The number of imidazole rings is 1. The first-order valence-corrected chi connectivity index (χ1v) is 10.8. The molecule has 3 heterocycles. The van der Waals surface area contributed by atoms with Crippen LogP contribution in [0.1, 0.15) is 18.6 Å². The van der Waals surface area contributed by atoms with Crippen LogP contribution in [-0.2, 0) is 5.75 Å². The second-order valence-electron chi connectivity index (χ2n) is 6.77. The lowest BCUT2D eigenvalue weighted by Crippen LogP contribution is -1.90. The third kappa shape index (κ3) is 3.91. The van der Waals surface area contributed by atoms with Crippen LogP contribution in [0.3, 0.4) is 0 Å². The smallest absolute Gasteiger partial charge is 0.253 e. The maximum absolute atomic E-state index is 5.91. The number of hydrogen-bond donors (Lipinski definition) is 1. The summed E-state index contributed by atoms with van der Waals surface area (Å²) in [5, 5.41) is 13.4. The number of benzene rings is 2. The van der Waals surface area contributed by atoms with Crippen molar-refractivity contribution < 1.29 is 13.7 Å². The molecule has 0 aliphatic rings. The van der Waals surface area contributed by atoms with Gasteiger partial charge in [0.25, 0.3) is 5.89 Å². The van der Waals surface area contributed by atoms with Gasteiger partial charge in [0.15, 0.2) is 5.16 Å². The van der Waals surface area contributed by atoms with E-state index < -0.39 is 0 Å². The molecule has 5 rings (SSSR count). The minimum atomic E-state index is 0.388. The molecule has 3 aromatic heterocycles. The Bertz CT molecular complexity index is 1330. The van der Waals surface area contributed by atoms with Crippen molar-refractivity contribution in [1.29, 1.82) is 0 Å². The van der Waals surface area contributed by atoms with Gasteiger partial charge >= 0.3 is 0 Å². The van der Waals surface area contributed by atoms with Crippen molar-refractivity contribution >= 4 is 22.8 Å². The molecular weight excluding hydrogens is 414 g/mol. The fourth-order valence-corrected chi connectivity index (χ4v) is 3.97. The Kier molecular flexibility index (Phi) is 5.17. The number of rotatable bonds is 7. The van der Waals surface area contributed by atoms with Gasteiger partial charge in [-0.1, -0.05) is 47.3 Å². The topological polar surface area (TPSA) is 103 Å². The Hall–Kier alpha value is -3.59. The van der Waals surface area contributed by atoms with Crippen LogP contribution < -0.4 is 4.74 Å². The van der Waals surface area contributed by atoms with Crippen molar-refractivity contribution in [2.45, 2.75) is 24.8 Å². The van der Waals surface area contributed by atoms with E-state index in [1.54, 1.807) is 0 Å². The summed E-state index contributed by atoms with van der Waals surface area (Å²) in [5.74, 6) is 2.81. The zero-order valence-corrected chi connectivity index (χ0v) is 17.8. The molecular formula is C22H19N5O3S. The number of H-pyrrole nitrogens is 1. The Morgan fingerprint density at radius 3 is 2.81 bits per heavy atom. The molecule has 0 aliphatic carbocycles. The monoisotopic (exact) mass is 433 g/mol. The molecule has 0 fully saturated rings. The van der Waals surface area contributed by atoms with Gasteiger partial charge in [0.05, 0.1) is 23.4 Å². The van der Waals surface area contributed by atoms with E-state index in [2.05, 4.69) is 25.3 Å². The quantitative estimate of drug-likeness (QED) is 0.346. The van der Waals surface area contributed by atoms with E-state index in [4.69, 9.17) is 13.7 Å². The lowest BCUT2D eigenvalue weighted by atomic mass is 10.1. The number of nitrogens with zero attached hydrogens (tertiary/aromatic N) is 4. The van der Waals surface area contributed by atoms with Crippen LogP contribution in [-0.4, -0.2) is 31.9 Å². The summed E-state index contributed by atoms with van der Waals surface area (Å²) in [6.07, 6.45) is 0.